The molecule has 1 aliphatic carbocycles. The number of unbranched alkanes of at least 4 members (excludes halogenated alkanes) is 4. The minimum absolute atomic E-state index is 0.00751. The van der Waals surface area contributed by atoms with E-state index < -0.39 is 109 Å². The summed E-state index contributed by atoms with van der Waals surface area (Å²) in [6.07, 6.45) is -0.902. The fraction of sp³-hybridized carbons (Fsp3) is 0.407. The number of likely N-dealkylation sites (tertiary alicyclic amines) is 2. The number of nitro groups is 1. The third kappa shape index (κ3) is 25.1. The maximum Gasteiger partial charge on any atom is 0.474 e. The van der Waals surface area contributed by atoms with Crippen molar-refractivity contribution in [2.45, 2.75) is 133 Å². The maximum atomic E-state index is 14.8. The molecule has 3 saturated heterocycles. The Kier molecular flexibility index (Phi) is 32.8. The van der Waals surface area contributed by atoms with Crippen LogP contribution in [0.5, 0.6) is 11.5 Å². The summed E-state index contributed by atoms with van der Waals surface area (Å²) < 4.78 is 98.2. The average molecular weight is 1880 g/mol. The van der Waals surface area contributed by atoms with Gasteiger partial charge in [0.25, 0.3) is 23.4 Å². The van der Waals surface area contributed by atoms with Crippen LogP contribution in [0.15, 0.2) is 159 Å². The fourth-order valence-corrected chi connectivity index (χ4v) is 19.2. The van der Waals surface area contributed by atoms with E-state index in [-0.39, 0.29) is 176 Å². The first-order valence-electron chi connectivity index (χ1n) is 42.3. The molecule has 10 atom stereocenters. The molecule has 6 aliphatic rings. The van der Waals surface area contributed by atoms with E-state index in [2.05, 4.69) is 25.8 Å². The number of aromatic hydroxyl groups is 1. The van der Waals surface area contributed by atoms with Crippen molar-refractivity contribution in [3.63, 3.8) is 0 Å². The van der Waals surface area contributed by atoms with E-state index in [9.17, 15) is 87.4 Å². The lowest BCUT2D eigenvalue weighted by atomic mass is 9.89. The maximum absolute atomic E-state index is 14.8. The number of aromatic amines is 1. The number of nitrogens with one attached hydrogen (secondary N) is 3. The lowest BCUT2D eigenvalue weighted by Crippen LogP contribution is -2.44. The average Bonchev–Trinajstić information content (AvgIpc) is 1.37. The molecule has 7 aromatic rings. The number of aromatic carboxylic acids is 1. The van der Waals surface area contributed by atoms with Gasteiger partial charge in [0, 0.05) is 139 Å². The van der Waals surface area contributed by atoms with Crippen LogP contribution in [0.25, 0.3) is 44.3 Å². The number of phosphoric acid groups is 3. The number of nitrogens with zero attached hydrogens (tertiary/aromatic N) is 7. The standard InChI is InChI=1S/C86H99BClN10O29P3/c1-94(55-16-14-54(15-17-55)92-93-71-27-18-56(98(110)111)43-69(71)88)34-8-10-80(104)96-48-62(42-58(96)49-100)125-130(116,117)126-76-47-78(87)124-77(76)51-122-128(112,113)121-50-57-19-30-81(127-129(114,115)120-37-7-2-4-9-79(103)95-35-31-63-67-46-72(91-70(67)28-29-73(63)95)84(106)89-32-5-3-6-36-99)97(57)85(107)52-11-22-61(23-12-52)119-40-39-118-38-33-90-83(105)53-13-24-64(86(108)109)68(41-53)82-65-25-20-59(101)44-74(65)123-75-45-60(102)21-26-66(75)82/h11-18,20-29,41,43-46,57-58,62,76-78,81,91,99-101H,2-10,19,30-40,42,47-51,87H2,1H3,(H,89,106)(H,90,105)(H,108,109)(H,112,113)(H,114,115)(H,116,117)/b93-92+. The summed E-state index contributed by atoms with van der Waals surface area (Å²) in [4.78, 5) is 147. The summed E-state index contributed by atoms with van der Waals surface area (Å²) in [6.45, 7) is -0.939. The van der Waals surface area contributed by atoms with Crippen molar-refractivity contribution < 1.29 is 128 Å². The number of anilines is 2. The molecular weight excluding hydrogens is 1780 g/mol. The largest absolute Gasteiger partial charge is 0.508 e. The van der Waals surface area contributed by atoms with Gasteiger partial charge in [0.1, 0.15) is 61.0 Å². The Balaban J connectivity index is 0.587. The number of hydrogen-bond donors (Lipinski definition) is 10. The number of non-ortho nitro benzene ring substituents is 1. The number of amides is 5. The van der Waals surface area contributed by atoms with Gasteiger partial charge in [0.05, 0.1) is 85.1 Å². The molecule has 0 radical (unpaired) electrons. The molecule has 5 amide bonds. The highest BCUT2D eigenvalue weighted by Crippen LogP contribution is 2.53. The monoisotopic (exact) mass is 1870 g/mol. The molecule has 13 rings (SSSR count). The zero-order valence-electron chi connectivity index (χ0n) is 70.9. The summed E-state index contributed by atoms with van der Waals surface area (Å²) in [5.41, 5.74) is 4.80. The minimum atomic E-state index is -5.14. The van der Waals surface area contributed by atoms with Crippen molar-refractivity contribution in [2.24, 2.45) is 10.2 Å². The molecule has 0 saturated carbocycles. The zero-order chi connectivity index (χ0) is 92.6. The third-order valence-electron chi connectivity index (χ3n) is 22.5. The Morgan fingerprint density at radius 1 is 0.708 bits per heavy atom. The van der Waals surface area contributed by atoms with Crippen molar-refractivity contribution in [1.82, 2.24) is 25.4 Å². The number of halogens is 1. The number of hydrogen-bond acceptors (Lipinski definition) is 28. The van der Waals surface area contributed by atoms with Gasteiger partial charge < -0.3 is 89.0 Å². The number of nitro benzene ring substituents is 1. The van der Waals surface area contributed by atoms with E-state index in [0.717, 1.165) is 45.6 Å². The molecule has 0 bridgehead atoms. The van der Waals surface area contributed by atoms with Gasteiger partial charge in [-0.1, -0.05) is 18.0 Å². The second-order valence-corrected chi connectivity index (χ2v) is 36.3. The van der Waals surface area contributed by atoms with Crippen molar-refractivity contribution in [2.75, 3.05) is 102 Å². The van der Waals surface area contributed by atoms with E-state index in [1.165, 1.54) is 95.9 Å². The Labute approximate surface area is 750 Å². The number of phenolic OH excluding ortho intramolecular Hbond substituents is 1. The lowest BCUT2D eigenvalue weighted by molar-refractivity contribution is -0.384. The normalized spacial score (nSPS) is 19.3. The summed E-state index contributed by atoms with van der Waals surface area (Å²) in [6, 6.07) is 31.9. The van der Waals surface area contributed by atoms with Crippen LogP contribution in [0.1, 0.15) is 131 Å². The number of carboxylic acids is 1. The number of fused-ring (bicyclic) bond motifs is 5. The second kappa shape index (κ2) is 44.0. The number of rotatable bonds is 45. The molecule has 44 heteroatoms. The Bertz CT molecular complexity index is 5820. The number of carbonyl (C=O) groups is 6. The van der Waals surface area contributed by atoms with E-state index >= 15 is 0 Å². The van der Waals surface area contributed by atoms with Crippen molar-refractivity contribution in [1.29, 1.82) is 0 Å². The number of H-pyrrole nitrogens is 1. The van der Waals surface area contributed by atoms with Crippen LogP contribution in [-0.2, 0) is 66.3 Å². The first-order valence-corrected chi connectivity index (χ1v) is 47.2. The Morgan fingerprint density at radius 3 is 2.23 bits per heavy atom. The van der Waals surface area contributed by atoms with E-state index in [1.54, 1.807) is 49.1 Å². The van der Waals surface area contributed by atoms with Crippen LogP contribution in [0.2, 0.25) is 5.02 Å². The fourth-order valence-electron chi connectivity index (χ4n) is 16.1. The molecule has 692 valence electrons. The molecule has 6 aromatic carbocycles. The number of carbonyl (C=O) groups excluding carboxylic acids is 5. The first kappa shape index (κ1) is 96.8. The van der Waals surface area contributed by atoms with Gasteiger partial charge in [-0.3, -0.25) is 66.0 Å². The van der Waals surface area contributed by atoms with E-state index in [0.29, 0.717) is 79.6 Å². The molecule has 39 nitrogen and oxygen atoms in total. The van der Waals surface area contributed by atoms with Gasteiger partial charge in [0.15, 0.2) is 5.43 Å². The summed E-state index contributed by atoms with van der Waals surface area (Å²) in [7, 11) is -11.7. The molecular formula is C86H99BClN10O29P3. The Morgan fingerprint density at radius 2 is 1.47 bits per heavy atom. The van der Waals surface area contributed by atoms with Crippen LogP contribution < -0.4 is 30.6 Å². The highest BCUT2D eigenvalue weighted by molar-refractivity contribution is 7.48. The number of aromatic nitrogens is 1. The molecule has 10 N–H and O–H groups in total. The molecule has 6 heterocycles. The van der Waals surface area contributed by atoms with Gasteiger partial charge in [0.2, 0.25) is 11.8 Å². The topological polar surface area (TPSA) is 529 Å². The number of phenols is 1. The van der Waals surface area contributed by atoms with Crippen LogP contribution >= 0.6 is 35.1 Å². The Hall–Kier alpha value is -10.7. The first-order chi connectivity index (χ1) is 62.3. The number of azo groups is 1. The predicted octanol–water partition coefficient (Wildman–Crippen LogP) is 11.6. The van der Waals surface area contributed by atoms with Gasteiger partial charge >= 0.3 is 29.4 Å². The van der Waals surface area contributed by atoms with Gasteiger partial charge in [-0.05, 0) is 197 Å². The summed E-state index contributed by atoms with van der Waals surface area (Å²) >= 11 is 6.15. The lowest BCUT2D eigenvalue weighted by Gasteiger charge is -2.31. The zero-order valence-corrected chi connectivity index (χ0v) is 74.3. The molecule has 3 fully saturated rings. The molecule has 1 aromatic heterocycles. The number of phosphoric ester groups is 3. The van der Waals surface area contributed by atoms with Gasteiger partial charge in [-0.2, -0.15) is 5.11 Å². The number of benzene rings is 7. The van der Waals surface area contributed by atoms with E-state index in [4.69, 9.17) is 62.5 Å². The molecule has 130 heavy (non-hydrogen) atoms. The quantitative estimate of drug-likeness (QED) is 0.00322. The second-order valence-electron chi connectivity index (χ2n) is 31.7. The SMILES string of the molecule is BC1CC(OP(=O)(O)OC2CC(CO)N(C(=O)CCCN(C)c3ccc(/N=N/c4ccc([N+](=O)[O-])cc4Cl)cc3)C2)C(COP(=O)(O)OCC2CCC(OP(=O)(O)OCCCCCC(=O)N3CCc4c3ccc3[nH]c(C(=O)NCCCCCO)cc43)N2C(=O)c2ccc(OCCOCCNC(=O)c3ccc(C(=O)O)c(-c4c5ccc(=O)cc-5oc5cc(O)ccc45)c3)cc2)O1. The van der Waals surface area contributed by atoms with Crippen LogP contribution in [0, 0.1) is 10.1 Å². The minimum Gasteiger partial charge on any atom is -0.508 e. The predicted molar refractivity (Wildman–Crippen MR) is 476 cm³/mol. The molecule has 0 spiro atoms. The van der Waals surface area contributed by atoms with Crippen molar-refractivity contribution >= 4 is 129 Å². The summed E-state index contributed by atoms with van der Waals surface area (Å²) in [5.74, 6) is -3.09. The van der Waals surface area contributed by atoms with Gasteiger partial charge in [-0.25, -0.2) is 18.5 Å². The third-order valence-corrected chi connectivity index (χ3v) is 25.9. The van der Waals surface area contributed by atoms with Gasteiger partial charge in [-0.15, -0.1) is 5.11 Å². The number of aliphatic hydroxyl groups is 2. The van der Waals surface area contributed by atoms with Crippen molar-refractivity contribution in [3.05, 3.63) is 193 Å². The summed E-state index contributed by atoms with van der Waals surface area (Å²) in [5, 5.41) is 66.2. The van der Waals surface area contributed by atoms with Crippen LogP contribution in [0.3, 0.4) is 0 Å². The highest BCUT2D eigenvalue weighted by atomic mass is 35.5. The number of aliphatic hydroxyl groups excluding tert-OH is 2. The number of carboxylic acid groups (broad SMARTS) is 1. The number of ether oxygens (including phenoxy) is 3. The van der Waals surface area contributed by atoms with E-state index in [1.807, 2.05) is 24.1 Å². The molecule has 10 unspecified atom stereocenters. The smallest absolute Gasteiger partial charge is 0.474 e. The van der Waals surface area contributed by atoms with Crippen LogP contribution in [0.4, 0.5) is 28.4 Å². The highest BCUT2D eigenvalue weighted by Gasteiger charge is 2.47. The van der Waals surface area contributed by atoms with Crippen molar-refractivity contribution in [3.8, 4) is 33.9 Å². The van der Waals surface area contributed by atoms with Crippen LogP contribution in [-0.4, -0.2) is 233 Å². The molecule has 5 aliphatic heterocycles.